The number of rotatable bonds is 5. The van der Waals surface area contributed by atoms with E-state index in [4.69, 9.17) is 18.9 Å². The first-order chi connectivity index (χ1) is 11.1. The molecule has 2 fully saturated rings. The maximum absolute atomic E-state index is 11.7. The van der Waals surface area contributed by atoms with Crippen molar-refractivity contribution in [1.82, 2.24) is 0 Å². The van der Waals surface area contributed by atoms with Crippen LogP contribution in [0.5, 0.6) is 11.5 Å². The Morgan fingerprint density at radius 3 is 2.83 bits per heavy atom. The summed E-state index contributed by atoms with van der Waals surface area (Å²) < 4.78 is 22.3. The van der Waals surface area contributed by atoms with Crippen molar-refractivity contribution in [2.75, 3.05) is 21.0 Å². The Kier molecular flexibility index (Phi) is 4.60. The van der Waals surface area contributed by atoms with E-state index in [9.17, 15) is 4.79 Å². The lowest BCUT2D eigenvalue weighted by Crippen LogP contribution is -2.50. The Morgan fingerprint density at radius 2 is 2.09 bits per heavy atom. The Bertz CT molecular complexity index is 585. The van der Waals surface area contributed by atoms with Crippen LogP contribution in [0.3, 0.4) is 0 Å². The highest BCUT2D eigenvalue weighted by Crippen LogP contribution is 2.43. The van der Waals surface area contributed by atoms with E-state index in [1.165, 1.54) is 0 Å². The Labute approximate surface area is 136 Å². The fourth-order valence-corrected chi connectivity index (χ4v) is 3.81. The number of hydrogen-bond acceptors (Lipinski definition) is 5. The monoisotopic (exact) mass is 320 g/mol. The molecule has 3 atom stereocenters. The number of ketones is 1. The molecule has 0 aromatic heterocycles. The van der Waals surface area contributed by atoms with Gasteiger partial charge < -0.3 is 18.9 Å². The molecular formula is C18H24O5. The average molecular weight is 320 g/mol. The molecule has 3 rings (SSSR count). The van der Waals surface area contributed by atoms with E-state index >= 15 is 0 Å². The number of Topliss-reactive ketones (excluding diaryl/α,β-unsaturated/α-hetero) is 1. The molecule has 1 aliphatic carbocycles. The smallest absolute Gasteiger partial charge is 0.160 e. The first kappa shape index (κ1) is 16.3. The summed E-state index contributed by atoms with van der Waals surface area (Å²) in [6, 6.07) is 5.98. The van der Waals surface area contributed by atoms with E-state index in [1.807, 2.05) is 18.2 Å². The lowest BCUT2D eigenvalue weighted by molar-refractivity contribution is -0.130. The number of hydrogen-bond donors (Lipinski definition) is 0. The van der Waals surface area contributed by atoms with Gasteiger partial charge in [0.25, 0.3) is 0 Å². The zero-order valence-electron chi connectivity index (χ0n) is 14.0. The van der Waals surface area contributed by atoms with Crippen LogP contribution in [0.25, 0.3) is 0 Å². The summed E-state index contributed by atoms with van der Waals surface area (Å²) in [6.07, 6.45) is 2.52. The van der Waals surface area contributed by atoms with Gasteiger partial charge in [0.2, 0.25) is 0 Å². The summed E-state index contributed by atoms with van der Waals surface area (Å²) in [4.78, 5) is 11.7. The van der Waals surface area contributed by atoms with Crippen molar-refractivity contribution in [2.24, 2.45) is 5.92 Å². The quantitative estimate of drug-likeness (QED) is 0.835. The maximum Gasteiger partial charge on any atom is 0.160 e. The van der Waals surface area contributed by atoms with Crippen LogP contribution < -0.4 is 9.47 Å². The summed E-state index contributed by atoms with van der Waals surface area (Å²) in [5.41, 5.74) is 0.817. The van der Waals surface area contributed by atoms with Crippen LogP contribution in [-0.2, 0) is 20.7 Å². The number of methoxy groups -OCH3 is 2. The number of fused-ring (bicyclic) bond motifs is 1. The Balaban J connectivity index is 1.78. The van der Waals surface area contributed by atoms with E-state index < -0.39 is 0 Å². The number of ether oxygens (including phenoxy) is 4. The highest BCUT2D eigenvalue weighted by atomic mass is 16.7. The summed E-state index contributed by atoms with van der Waals surface area (Å²) in [7, 11) is 3.27. The average Bonchev–Trinajstić information content (AvgIpc) is 2.98. The van der Waals surface area contributed by atoms with Crippen LogP contribution in [0.15, 0.2) is 18.2 Å². The van der Waals surface area contributed by atoms with Gasteiger partial charge in [0.05, 0.1) is 20.3 Å². The minimum atomic E-state index is -0.346. The normalized spacial score (nSPS) is 28.3. The van der Waals surface area contributed by atoms with Gasteiger partial charge in [-0.05, 0) is 36.5 Å². The molecule has 126 valence electrons. The van der Waals surface area contributed by atoms with E-state index in [2.05, 4.69) is 6.92 Å². The molecule has 1 aromatic rings. The lowest BCUT2D eigenvalue weighted by Gasteiger charge is -2.40. The van der Waals surface area contributed by atoms with E-state index in [0.29, 0.717) is 12.8 Å². The highest BCUT2D eigenvalue weighted by Gasteiger charge is 2.52. The SMILES string of the molecule is COc1ccc(CC(C)[C@]23CCC(=O)C[C@H]2OCO3)cc1OC. The third kappa shape index (κ3) is 2.95. The van der Waals surface area contributed by atoms with Crippen LogP contribution in [0, 0.1) is 5.92 Å². The van der Waals surface area contributed by atoms with E-state index in [0.717, 1.165) is 29.9 Å². The molecule has 5 heteroatoms. The molecular weight excluding hydrogens is 296 g/mol. The lowest BCUT2D eigenvalue weighted by atomic mass is 9.72. The van der Waals surface area contributed by atoms with Gasteiger partial charge in [0.15, 0.2) is 11.5 Å². The van der Waals surface area contributed by atoms with Gasteiger partial charge in [-0.3, -0.25) is 4.79 Å². The molecule has 1 saturated carbocycles. The fourth-order valence-electron chi connectivity index (χ4n) is 3.81. The molecule has 0 bridgehead atoms. The van der Waals surface area contributed by atoms with Crippen molar-refractivity contribution in [1.29, 1.82) is 0 Å². The summed E-state index contributed by atoms with van der Waals surface area (Å²) >= 11 is 0. The minimum absolute atomic E-state index is 0.112. The molecule has 23 heavy (non-hydrogen) atoms. The van der Waals surface area contributed by atoms with Gasteiger partial charge >= 0.3 is 0 Å². The molecule has 1 aliphatic heterocycles. The van der Waals surface area contributed by atoms with Crippen molar-refractivity contribution >= 4 is 5.78 Å². The minimum Gasteiger partial charge on any atom is -0.493 e. The standard InChI is InChI=1S/C18H24O5/c1-12(8-13-4-5-15(20-2)16(9-13)21-3)18-7-6-14(19)10-17(18)22-11-23-18/h4-5,9,12,17H,6-8,10-11H2,1-3H3/t12?,17-,18-/m1/s1. The zero-order chi connectivity index (χ0) is 16.4. The second kappa shape index (κ2) is 6.49. The van der Waals surface area contributed by atoms with Crippen molar-refractivity contribution in [3.05, 3.63) is 23.8 Å². The number of carbonyl (C=O) groups excluding carboxylic acids is 1. The summed E-state index contributed by atoms with van der Waals surface area (Å²) in [5, 5.41) is 0. The van der Waals surface area contributed by atoms with Crippen molar-refractivity contribution < 1.29 is 23.7 Å². The Hall–Kier alpha value is -1.59. The first-order valence-corrected chi connectivity index (χ1v) is 8.07. The molecule has 0 amide bonds. The molecule has 0 radical (unpaired) electrons. The highest BCUT2D eigenvalue weighted by molar-refractivity contribution is 5.80. The Morgan fingerprint density at radius 1 is 1.30 bits per heavy atom. The molecule has 1 heterocycles. The number of benzene rings is 1. The number of carbonyl (C=O) groups is 1. The van der Waals surface area contributed by atoms with Gasteiger partial charge in [-0.15, -0.1) is 0 Å². The van der Waals surface area contributed by atoms with Gasteiger partial charge in [-0.2, -0.15) is 0 Å². The van der Waals surface area contributed by atoms with Crippen LogP contribution in [-0.4, -0.2) is 38.5 Å². The summed E-state index contributed by atoms with van der Waals surface area (Å²) in [6.45, 7) is 2.46. The fraction of sp³-hybridized carbons (Fsp3) is 0.611. The van der Waals surface area contributed by atoms with E-state index in [1.54, 1.807) is 14.2 Å². The van der Waals surface area contributed by atoms with Gasteiger partial charge in [-0.25, -0.2) is 0 Å². The van der Waals surface area contributed by atoms with Crippen LogP contribution in [0.2, 0.25) is 0 Å². The van der Waals surface area contributed by atoms with E-state index in [-0.39, 0.29) is 30.2 Å². The third-order valence-corrected chi connectivity index (χ3v) is 5.17. The molecule has 0 N–H and O–H groups in total. The van der Waals surface area contributed by atoms with Crippen molar-refractivity contribution in [2.45, 2.75) is 44.3 Å². The maximum atomic E-state index is 11.7. The third-order valence-electron chi connectivity index (χ3n) is 5.17. The molecule has 0 spiro atoms. The molecule has 2 aliphatic rings. The molecule has 1 saturated heterocycles. The van der Waals surface area contributed by atoms with Gasteiger partial charge in [0, 0.05) is 12.8 Å². The predicted octanol–water partition coefficient (Wildman–Crippen LogP) is 2.75. The summed E-state index contributed by atoms with van der Waals surface area (Å²) in [5.74, 6) is 1.98. The van der Waals surface area contributed by atoms with Crippen LogP contribution >= 0.6 is 0 Å². The topological polar surface area (TPSA) is 54.0 Å². The largest absolute Gasteiger partial charge is 0.493 e. The second-order valence-electron chi connectivity index (χ2n) is 6.41. The van der Waals surface area contributed by atoms with Gasteiger partial charge in [0.1, 0.15) is 18.2 Å². The van der Waals surface area contributed by atoms with Crippen molar-refractivity contribution in [3.8, 4) is 11.5 Å². The second-order valence-corrected chi connectivity index (χ2v) is 6.41. The zero-order valence-corrected chi connectivity index (χ0v) is 14.0. The predicted molar refractivity (Wildman–Crippen MR) is 84.8 cm³/mol. The van der Waals surface area contributed by atoms with Crippen molar-refractivity contribution in [3.63, 3.8) is 0 Å². The van der Waals surface area contributed by atoms with Crippen LogP contribution in [0.4, 0.5) is 0 Å². The first-order valence-electron chi connectivity index (χ1n) is 8.07. The van der Waals surface area contributed by atoms with Gasteiger partial charge in [-0.1, -0.05) is 13.0 Å². The molecule has 1 aromatic carbocycles. The molecule has 5 nitrogen and oxygen atoms in total. The molecule has 1 unspecified atom stereocenters. The van der Waals surface area contributed by atoms with Crippen LogP contribution in [0.1, 0.15) is 31.7 Å².